The molecule has 0 spiro atoms. The molecule has 5 heteroatoms. The molecule has 2 heterocycles. The zero-order valence-corrected chi connectivity index (χ0v) is 35.0. The minimum absolute atomic E-state index is 0. The molecule has 0 atom stereocenters. The van der Waals surface area contributed by atoms with Gasteiger partial charge in [-0.05, 0) is 73.7 Å². The molecule has 0 saturated carbocycles. The Morgan fingerprint density at radius 3 is 1.53 bits per heavy atom. The van der Waals surface area contributed by atoms with Gasteiger partial charge in [0, 0.05) is 77.4 Å². The van der Waals surface area contributed by atoms with Gasteiger partial charge in [0.1, 0.15) is 0 Å². The van der Waals surface area contributed by atoms with Gasteiger partial charge in [-0.3, -0.25) is 0 Å². The Balaban J connectivity index is 0.000000167. The van der Waals surface area contributed by atoms with Crippen molar-refractivity contribution in [2.24, 2.45) is 0 Å². The Labute approximate surface area is 365 Å². The van der Waals surface area contributed by atoms with E-state index in [0.717, 1.165) is 51.0 Å². The second-order valence-electron chi connectivity index (χ2n) is 13.9. The summed E-state index contributed by atoms with van der Waals surface area (Å²) in [6, 6.07) is 78.6. The molecule has 8 aromatic carbocycles. The molecular weight excluding hydrogens is 782 g/mol. The minimum atomic E-state index is 0. The van der Waals surface area contributed by atoms with Crippen molar-refractivity contribution < 1.29 is 32.7 Å². The van der Waals surface area contributed by atoms with Gasteiger partial charge in [0.2, 0.25) is 0 Å². The van der Waals surface area contributed by atoms with Crippen LogP contribution in [0.3, 0.4) is 0 Å². The van der Waals surface area contributed by atoms with Crippen molar-refractivity contribution in [3.05, 3.63) is 230 Å². The van der Waals surface area contributed by atoms with Gasteiger partial charge in [0.25, 0.3) is 0 Å². The van der Waals surface area contributed by atoms with Crippen LogP contribution in [0.5, 0.6) is 0 Å². The number of fused-ring (bicyclic) bond motifs is 3. The first kappa shape index (κ1) is 38.4. The van der Waals surface area contributed by atoms with E-state index in [2.05, 4.69) is 162 Å². The summed E-state index contributed by atoms with van der Waals surface area (Å²) in [6.07, 6.45) is 0. The third-order valence-electron chi connectivity index (χ3n) is 10.1. The molecule has 0 fully saturated rings. The van der Waals surface area contributed by atoms with E-state index in [1.807, 2.05) is 78.9 Å². The average molecular weight is 821 g/mol. The van der Waals surface area contributed by atoms with Crippen LogP contribution < -0.4 is 4.90 Å². The predicted octanol–water partition coefficient (Wildman–Crippen LogP) is 13.8. The van der Waals surface area contributed by atoms with Gasteiger partial charge < -0.3 is 9.47 Å². The minimum Gasteiger partial charge on any atom is -0.310 e. The molecule has 0 amide bonds. The Bertz CT molecular complexity index is 2700. The standard InChI is InChI=1S/C31H24N2.C22H15N2.Y/c1-23-16-18-26(19-17-23)33-30-15-9-8-14-28(30)29-22-27(20-21-31(29)33)32(24-10-4-2-5-11-24)25-12-6-3-7-13-25;1-4-10-17(11-5-1)20-16-21(18-12-6-2-7-13-18)24-22(23-20)19-14-8-3-9-15-19;/h2-22H,1H3;1,3-16H;/q;-1;. The van der Waals surface area contributed by atoms with Gasteiger partial charge >= 0.3 is 0 Å². The van der Waals surface area contributed by atoms with Crippen LogP contribution in [-0.2, 0) is 32.7 Å². The number of hydrogen-bond acceptors (Lipinski definition) is 3. The number of rotatable bonds is 7. The summed E-state index contributed by atoms with van der Waals surface area (Å²) in [6.45, 7) is 2.13. The van der Waals surface area contributed by atoms with E-state index in [4.69, 9.17) is 9.97 Å². The maximum Gasteiger partial charge on any atom is 0.160 e. The smallest absolute Gasteiger partial charge is 0.160 e. The molecule has 2 aromatic heterocycles. The topological polar surface area (TPSA) is 34.0 Å². The van der Waals surface area contributed by atoms with Crippen LogP contribution >= 0.6 is 0 Å². The van der Waals surface area contributed by atoms with Gasteiger partial charge in [0.15, 0.2) is 5.82 Å². The Morgan fingerprint density at radius 2 is 0.931 bits per heavy atom. The van der Waals surface area contributed by atoms with Crippen molar-refractivity contribution in [1.82, 2.24) is 14.5 Å². The number of aryl methyl sites for hydroxylation is 1. The molecule has 0 bridgehead atoms. The SMILES string of the molecule is Cc1ccc(-n2c3ccccc3c3cc(N(c4ccccc4)c4ccccc4)ccc32)cc1.[Y].[c-]1ccc(-c2cc(-c3ccccc3)nc(-c3ccccc3)n2)cc1. The molecule has 275 valence electrons. The van der Waals surface area contributed by atoms with E-state index in [1.54, 1.807) is 0 Å². The summed E-state index contributed by atoms with van der Waals surface area (Å²) in [7, 11) is 0. The summed E-state index contributed by atoms with van der Waals surface area (Å²) in [5.41, 5.74) is 13.3. The summed E-state index contributed by atoms with van der Waals surface area (Å²) < 4.78 is 2.36. The number of benzene rings is 8. The molecule has 0 saturated heterocycles. The van der Waals surface area contributed by atoms with Crippen molar-refractivity contribution in [3.63, 3.8) is 0 Å². The fraction of sp³-hybridized carbons (Fsp3) is 0.0189. The summed E-state index contributed by atoms with van der Waals surface area (Å²) in [4.78, 5) is 11.9. The summed E-state index contributed by atoms with van der Waals surface area (Å²) in [5.74, 6) is 0.736. The molecular formula is C53H39N4Y-. The third kappa shape index (κ3) is 8.17. The molecule has 0 aliphatic heterocycles. The first-order chi connectivity index (χ1) is 28.2. The largest absolute Gasteiger partial charge is 0.310 e. The predicted molar refractivity (Wildman–Crippen MR) is 237 cm³/mol. The first-order valence-corrected chi connectivity index (χ1v) is 19.2. The monoisotopic (exact) mass is 820 g/mol. The Hall–Kier alpha value is -6.46. The number of aromatic nitrogens is 3. The molecule has 58 heavy (non-hydrogen) atoms. The van der Waals surface area contributed by atoms with Gasteiger partial charge in [-0.25, -0.2) is 9.97 Å². The van der Waals surface area contributed by atoms with Gasteiger partial charge in [-0.2, -0.15) is 30.3 Å². The number of hydrogen-bond donors (Lipinski definition) is 0. The first-order valence-electron chi connectivity index (χ1n) is 19.2. The van der Waals surface area contributed by atoms with Crippen molar-refractivity contribution in [2.75, 3.05) is 4.90 Å². The van der Waals surface area contributed by atoms with E-state index < -0.39 is 0 Å². The van der Waals surface area contributed by atoms with Crippen molar-refractivity contribution in [3.8, 4) is 39.6 Å². The third-order valence-corrected chi connectivity index (χ3v) is 10.1. The molecule has 0 unspecified atom stereocenters. The molecule has 10 aromatic rings. The number of anilines is 3. The number of para-hydroxylation sites is 3. The zero-order chi connectivity index (χ0) is 38.4. The van der Waals surface area contributed by atoms with Crippen LogP contribution in [0.1, 0.15) is 5.56 Å². The van der Waals surface area contributed by atoms with Crippen molar-refractivity contribution in [2.45, 2.75) is 6.92 Å². The molecule has 4 nitrogen and oxygen atoms in total. The normalized spacial score (nSPS) is 10.7. The van der Waals surface area contributed by atoms with E-state index in [1.165, 1.54) is 33.1 Å². The molecule has 0 N–H and O–H groups in total. The van der Waals surface area contributed by atoms with Crippen LogP contribution in [0.15, 0.2) is 218 Å². The van der Waals surface area contributed by atoms with Crippen molar-refractivity contribution in [1.29, 1.82) is 0 Å². The zero-order valence-electron chi connectivity index (χ0n) is 32.2. The quantitative estimate of drug-likeness (QED) is 0.150. The van der Waals surface area contributed by atoms with Crippen LogP contribution in [-0.4, -0.2) is 14.5 Å². The summed E-state index contributed by atoms with van der Waals surface area (Å²) >= 11 is 0. The van der Waals surface area contributed by atoms with E-state index in [-0.39, 0.29) is 32.7 Å². The van der Waals surface area contributed by atoms with Gasteiger partial charge in [-0.15, -0.1) is 5.56 Å². The van der Waals surface area contributed by atoms with Crippen LogP contribution in [0.4, 0.5) is 17.1 Å². The fourth-order valence-electron chi connectivity index (χ4n) is 7.30. The second kappa shape index (κ2) is 17.8. The second-order valence-corrected chi connectivity index (χ2v) is 13.9. The van der Waals surface area contributed by atoms with Gasteiger partial charge in [0.05, 0.1) is 22.4 Å². The van der Waals surface area contributed by atoms with Crippen LogP contribution in [0.2, 0.25) is 0 Å². The van der Waals surface area contributed by atoms with Crippen LogP contribution in [0.25, 0.3) is 61.4 Å². The van der Waals surface area contributed by atoms with Crippen molar-refractivity contribution >= 4 is 38.9 Å². The molecule has 10 rings (SSSR count). The molecule has 0 aliphatic rings. The Morgan fingerprint density at radius 1 is 0.431 bits per heavy atom. The average Bonchev–Trinajstić information content (AvgIpc) is 3.62. The molecule has 1 radical (unpaired) electrons. The van der Waals surface area contributed by atoms with Crippen LogP contribution in [0, 0.1) is 13.0 Å². The maximum absolute atomic E-state index is 4.78. The van der Waals surface area contributed by atoms with E-state index in [0.29, 0.717) is 0 Å². The maximum atomic E-state index is 4.78. The fourth-order valence-corrected chi connectivity index (χ4v) is 7.30. The Kier molecular flexibility index (Phi) is 11.8. The van der Waals surface area contributed by atoms with E-state index >= 15 is 0 Å². The summed E-state index contributed by atoms with van der Waals surface area (Å²) in [5, 5.41) is 2.51. The number of nitrogens with zero attached hydrogens (tertiary/aromatic N) is 4. The van der Waals surface area contributed by atoms with E-state index in [9.17, 15) is 0 Å². The van der Waals surface area contributed by atoms with Gasteiger partial charge in [-0.1, -0.05) is 133 Å². The molecule has 0 aliphatic carbocycles.